The van der Waals surface area contributed by atoms with Crippen LogP contribution in [0.4, 0.5) is 5.69 Å². The number of halogens is 1. The summed E-state index contributed by atoms with van der Waals surface area (Å²) < 4.78 is 0. The predicted octanol–water partition coefficient (Wildman–Crippen LogP) is 2.43. The number of hydrogen-bond donors (Lipinski definition) is 5. The molecule has 1 aromatic carbocycles. The van der Waals surface area contributed by atoms with E-state index in [1.54, 1.807) is 29.2 Å². The maximum atomic E-state index is 7.82. The number of rotatable bonds is 7. The average Bonchev–Trinajstić information content (AvgIpc) is 2.40. The molecule has 1 rings (SSSR count). The first-order chi connectivity index (χ1) is 9.95. The zero-order chi connectivity index (χ0) is 15.8. The van der Waals surface area contributed by atoms with E-state index in [1.165, 1.54) is 0 Å². The van der Waals surface area contributed by atoms with Crippen molar-refractivity contribution in [2.45, 2.75) is 38.8 Å². The molecule has 0 bridgehead atoms. The Morgan fingerprint density at radius 2 is 1.86 bits per heavy atom. The molecule has 1 aromatic rings. The van der Waals surface area contributed by atoms with E-state index >= 15 is 0 Å². The summed E-state index contributed by atoms with van der Waals surface area (Å²) in [5.74, 6) is -0.246. The number of benzene rings is 1. The Balaban J connectivity index is 2.97. The summed E-state index contributed by atoms with van der Waals surface area (Å²) in [4.78, 5) is 1.62. The lowest BCUT2D eigenvalue weighted by atomic mass is 10.1. The zero-order valence-electron chi connectivity index (χ0n) is 12.2. The molecule has 7 heteroatoms. The van der Waals surface area contributed by atoms with E-state index < -0.39 is 0 Å². The number of hydrogen-bond acceptors (Lipinski definition) is 2. The molecule has 0 radical (unpaired) electrons. The number of guanidine groups is 2. The second-order valence-electron chi connectivity index (χ2n) is 4.80. The van der Waals surface area contributed by atoms with Crippen molar-refractivity contribution in [1.29, 1.82) is 10.8 Å². The number of nitrogens with one attached hydrogen (secondary N) is 3. The Hall–Kier alpha value is -1.95. The van der Waals surface area contributed by atoms with Gasteiger partial charge in [-0.1, -0.05) is 31.4 Å². The first-order valence-electron chi connectivity index (χ1n) is 6.95. The molecule has 21 heavy (non-hydrogen) atoms. The van der Waals surface area contributed by atoms with Crippen LogP contribution in [-0.2, 0) is 0 Å². The fraction of sp³-hybridized carbons (Fsp3) is 0.429. The molecule has 6 nitrogen and oxygen atoms in total. The van der Waals surface area contributed by atoms with Crippen LogP contribution >= 0.6 is 11.6 Å². The van der Waals surface area contributed by atoms with Gasteiger partial charge in [-0.2, -0.15) is 0 Å². The van der Waals surface area contributed by atoms with E-state index in [2.05, 4.69) is 12.2 Å². The standard InChI is InChI=1S/C14H23ClN6/c1-2-3-4-5-12(20-13(16)17)21(14(18)19)11-8-6-10(15)7-9-11/h6-9,12H,2-5H2,1H3,(H3,18,19)(H4,16,17,20). The zero-order valence-corrected chi connectivity index (χ0v) is 13.0. The van der Waals surface area contributed by atoms with Crippen LogP contribution in [0.15, 0.2) is 24.3 Å². The van der Waals surface area contributed by atoms with Gasteiger partial charge in [-0.15, -0.1) is 0 Å². The SMILES string of the molecule is CCCCCC(NC(=N)N)N(C(=N)N)c1ccc(Cl)cc1. The van der Waals surface area contributed by atoms with Gasteiger partial charge in [0.05, 0.1) is 0 Å². The summed E-state index contributed by atoms with van der Waals surface area (Å²) in [5, 5.41) is 18.7. The molecule has 0 fully saturated rings. The molecule has 0 aromatic heterocycles. The van der Waals surface area contributed by atoms with Crippen LogP contribution in [0.5, 0.6) is 0 Å². The molecule has 0 spiro atoms. The Kier molecular flexibility index (Phi) is 6.81. The van der Waals surface area contributed by atoms with E-state index in [1.807, 2.05) is 0 Å². The smallest absolute Gasteiger partial charge is 0.194 e. The highest BCUT2D eigenvalue weighted by Gasteiger charge is 2.21. The molecular formula is C14H23ClN6. The summed E-state index contributed by atoms with van der Waals surface area (Å²) in [6.45, 7) is 2.12. The average molecular weight is 311 g/mol. The van der Waals surface area contributed by atoms with Gasteiger partial charge in [-0.3, -0.25) is 15.7 Å². The quantitative estimate of drug-likeness (QED) is 0.230. The lowest BCUT2D eigenvalue weighted by Gasteiger charge is -2.33. The lowest BCUT2D eigenvalue weighted by Crippen LogP contribution is -2.54. The summed E-state index contributed by atoms with van der Waals surface area (Å²) >= 11 is 5.89. The van der Waals surface area contributed by atoms with Crippen molar-refractivity contribution in [3.05, 3.63) is 29.3 Å². The molecule has 116 valence electrons. The van der Waals surface area contributed by atoms with Gasteiger partial charge in [-0.25, -0.2) is 0 Å². The highest BCUT2D eigenvalue weighted by atomic mass is 35.5. The van der Waals surface area contributed by atoms with Crippen molar-refractivity contribution in [2.24, 2.45) is 11.5 Å². The monoisotopic (exact) mass is 310 g/mol. The topological polar surface area (TPSA) is 115 Å². The van der Waals surface area contributed by atoms with Crippen molar-refractivity contribution < 1.29 is 0 Å². The van der Waals surface area contributed by atoms with Crippen LogP contribution in [0.25, 0.3) is 0 Å². The first-order valence-corrected chi connectivity index (χ1v) is 7.33. The van der Waals surface area contributed by atoms with E-state index in [9.17, 15) is 0 Å². The van der Waals surface area contributed by atoms with Crippen LogP contribution in [-0.4, -0.2) is 18.1 Å². The van der Waals surface area contributed by atoms with Gasteiger partial charge in [0.1, 0.15) is 6.17 Å². The predicted molar refractivity (Wildman–Crippen MR) is 88.8 cm³/mol. The fourth-order valence-electron chi connectivity index (χ4n) is 2.12. The Bertz CT molecular complexity index is 473. The molecule has 0 saturated carbocycles. The van der Waals surface area contributed by atoms with Gasteiger partial charge in [-0.05, 0) is 37.1 Å². The summed E-state index contributed by atoms with van der Waals surface area (Å²) in [6.07, 6.45) is 3.53. The van der Waals surface area contributed by atoms with E-state index in [0.29, 0.717) is 5.02 Å². The highest BCUT2D eigenvalue weighted by Crippen LogP contribution is 2.21. The summed E-state index contributed by atoms with van der Waals surface area (Å²) in [6, 6.07) is 7.06. The minimum Gasteiger partial charge on any atom is -0.370 e. The van der Waals surface area contributed by atoms with Crippen LogP contribution in [0.2, 0.25) is 5.02 Å². The molecule has 0 heterocycles. The van der Waals surface area contributed by atoms with Crippen molar-refractivity contribution in [2.75, 3.05) is 4.90 Å². The number of nitrogens with zero attached hydrogens (tertiary/aromatic N) is 1. The minimum absolute atomic E-state index is 0.104. The molecular weight excluding hydrogens is 288 g/mol. The van der Waals surface area contributed by atoms with E-state index in [-0.39, 0.29) is 18.1 Å². The number of anilines is 1. The maximum absolute atomic E-state index is 7.82. The summed E-state index contributed by atoms with van der Waals surface area (Å²) in [5.41, 5.74) is 11.9. The molecule has 0 saturated heterocycles. The summed E-state index contributed by atoms with van der Waals surface area (Å²) in [7, 11) is 0. The normalized spacial score (nSPS) is 11.7. The second kappa shape index (κ2) is 8.36. The largest absolute Gasteiger partial charge is 0.370 e. The van der Waals surface area contributed by atoms with Crippen molar-refractivity contribution in [3.8, 4) is 0 Å². The van der Waals surface area contributed by atoms with Gasteiger partial charge in [0, 0.05) is 10.7 Å². The minimum atomic E-state index is -0.326. The maximum Gasteiger partial charge on any atom is 0.194 e. The molecule has 7 N–H and O–H groups in total. The third kappa shape index (κ3) is 5.51. The Morgan fingerprint density at radius 3 is 2.33 bits per heavy atom. The molecule has 0 amide bonds. The molecule has 0 aliphatic carbocycles. The van der Waals surface area contributed by atoms with Crippen LogP contribution in [0.3, 0.4) is 0 Å². The molecule has 1 atom stereocenters. The van der Waals surface area contributed by atoms with Gasteiger partial charge < -0.3 is 16.8 Å². The van der Waals surface area contributed by atoms with Crippen molar-refractivity contribution in [3.63, 3.8) is 0 Å². The van der Waals surface area contributed by atoms with Gasteiger partial charge in [0.2, 0.25) is 0 Å². The van der Waals surface area contributed by atoms with Gasteiger partial charge >= 0.3 is 0 Å². The van der Waals surface area contributed by atoms with Crippen molar-refractivity contribution in [1.82, 2.24) is 5.32 Å². The van der Waals surface area contributed by atoms with E-state index in [4.69, 9.17) is 33.9 Å². The molecule has 1 unspecified atom stereocenters. The molecule has 0 aliphatic heterocycles. The van der Waals surface area contributed by atoms with Gasteiger partial charge in [0.15, 0.2) is 11.9 Å². The number of unbranched alkanes of at least 4 members (excludes halogenated alkanes) is 2. The van der Waals surface area contributed by atoms with Crippen LogP contribution in [0, 0.1) is 10.8 Å². The number of nitrogens with two attached hydrogens (primary N) is 2. The third-order valence-electron chi connectivity index (χ3n) is 3.08. The first kappa shape index (κ1) is 17.1. The Morgan fingerprint density at radius 1 is 1.24 bits per heavy atom. The molecule has 0 aliphatic rings. The highest BCUT2D eigenvalue weighted by molar-refractivity contribution is 6.30. The van der Waals surface area contributed by atoms with Crippen molar-refractivity contribution >= 4 is 29.2 Å². The Labute approximate surface area is 130 Å². The van der Waals surface area contributed by atoms with Crippen LogP contribution < -0.4 is 21.7 Å². The van der Waals surface area contributed by atoms with Crippen LogP contribution in [0.1, 0.15) is 32.6 Å². The van der Waals surface area contributed by atoms with Gasteiger partial charge in [0.25, 0.3) is 0 Å². The lowest BCUT2D eigenvalue weighted by molar-refractivity contribution is 0.528. The van der Waals surface area contributed by atoms with E-state index in [0.717, 1.165) is 31.4 Å². The fourth-order valence-corrected chi connectivity index (χ4v) is 2.25. The second-order valence-corrected chi connectivity index (χ2v) is 5.24. The third-order valence-corrected chi connectivity index (χ3v) is 3.33.